The fourth-order valence-corrected chi connectivity index (χ4v) is 2.88. The molecule has 0 aliphatic carbocycles. The SMILES string of the molecule is C#CCOc1c(C=NNC(=O)C(NC(=O)c2cccc(Cl)c2)C(C)C)cccc1OC. The first-order valence-corrected chi connectivity index (χ1v) is 9.87. The molecule has 1 atom stereocenters. The van der Waals surface area contributed by atoms with Crippen LogP contribution in [0.3, 0.4) is 0 Å². The van der Waals surface area contributed by atoms with Crippen molar-refractivity contribution in [3.63, 3.8) is 0 Å². The highest BCUT2D eigenvalue weighted by molar-refractivity contribution is 6.31. The van der Waals surface area contributed by atoms with Crippen molar-refractivity contribution >= 4 is 29.6 Å². The van der Waals surface area contributed by atoms with Crippen LogP contribution in [-0.2, 0) is 4.79 Å². The number of methoxy groups -OCH3 is 1. The van der Waals surface area contributed by atoms with Crippen molar-refractivity contribution in [1.29, 1.82) is 0 Å². The summed E-state index contributed by atoms with van der Waals surface area (Å²) in [6, 6.07) is 10.9. The van der Waals surface area contributed by atoms with Crippen molar-refractivity contribution < 1.29 is 19.1 Å². The van der Waals surface area contributed by atoms with E-state index in [4.69, 9.17) is 27.5 Å². The van der Waals surface area contributed by atoms with E-state index in [0.717, 1.165) is 0 Å². The average Bonchev–Trinajstić information content (AvgIpc) is 2.75. The van der Waals surface area contributed by atoms with Crippen LogP contribution in [0.15, 0.2) is 47.6 Å². The Kier molecular flexibility index (Phi) is 8.92. The number of hydrogen-bond acceptors (Lipinski definition) is 5. The standard InChI is InChI=1S/C23H24ClN3O4/c1-5-12-31-21-17(9-7-11-19(21)30-4)14-25-27-23(29)20(15(2)3)26-22(28)16-8-6-10-18(24)13-16/h1,6-11,13-15,20H,12H2,2-4H3,(H,26,28)(H,27,29). The molecule has 2 aromatic carbocycles. The van der Waals surface area contributed by atoms with Gasteiger partial charge in [0.2, 0.25) is 0 Å². The van der Waals surface area contributed by atoms with Crippen LogP contribution in [0.25, 0.3) is 0 Å². The lowest BCUT2D eigenvalue weighted by Crippen LogP contribution is -2.48. The fourth-order valence-electron chi connectivity index (χ4n) is 2.69. The van der Waals surface area contributed by atoms with E-state index in [9.17, 15) is 9.59 Å². The number of nitrogens with zero attached hydrogens (tertiary/aromatic N) is 1. The summed E-state index contributed by atoms with van der Waals surface area (Å²) in [4.78, 5) is 25.1. The predicted molar refractivity (Wildman–Crippen MR) is 121 cm³/mol. The molecule has 2 rings (SSSR count). The zero-order valence-corrected chi connectivity index (χ0v) is 18.3. The number of carbonyl (C=O) groups is 2. The molecular formula is C23H24ClN3O4. The summed E-state index contributed by atoms with van der Waals surface area (Å²) < 4.78 is 10.8. The molecule has 7 nitrogen and oxygen atoms in total. The second-order valence-electron chi connectivity index (χ2n) is 6.81. The Labute approximate surface area is 186 Å². The number of nitrogens with one attached hydrogen (secondary N) is 2. The molecule has 0 saturated carbocycles. The van der Waals surface area contributed by atoms with Crippen LogP contribution in [0.2, 0.25) is 5.02 Å². The van der Waals surface area contributed by atoms with Crippen molar-refractivity contribution in [1.82, 2.24) is 10.7 Å². The van der Waals surface area contributed by atoms with Crippen molar-refractivity contribution in [2.45, 2.75) is 19.9 Å². The summed E-state index contributed by atoms with van der Waals surface area (Å²) in [5.41, 5.74) is 3.39. The molecule has 0 aliphatic heterocycles. The van der Waals surface area contributed by atoms with Crippen molar-refractivity contribution in [3.8, 4) is 23.8 Å². The number of hydrazone groups is 1. The normalized spacial score (nSPS) is 11.6. The number of para-hydroxylation sites is 1. The number of ether oxygens (including phenoxy) is 2. The van der Waals surface area contributed by atoms with Crippen LogP contribution in [0.5, 0.6) is 11.5 Å². The lowest BCUT2D eigenvalue weighted by atomic mass is 10.0. The highest BCUT2D eigenvalue weighted by Crippen LogP contribution is 2.29. The largest absolute Gasteiger partial charge is 0.493 e. The lowest BCUT2D eigenvalue weighted by Gasteiger charge is -2.20. The summed E-state index contributed by atoms with van der Waals surface area (Å²) in [5.74, 6) is 2.25. The number of amides is 2. The van der Waals surface area contributed by atoms with E-state index in [1.165, 1.54) is 19.4 Å². The molecule has 0 heterocycles. The molecule has 2 aromatic rings. The maximum atomic E-state index is 12.6. The van der Waals surface area contributed by atoms with Crippen molar-refractivity contribution in [2.24, 2.45) is 11.0 Å². The van der Waals surface area contributed by atoms with Gasteiger partial charge in [-0.25, -0.2) is 5.43 Å². The molecule has 0 saturated heterocycles. The molecule has 2 amide bonds. The number of benzene rings is 2. The first kappa shape index (κ1) is 23.8. The van der Waals surface area contributed by atoms with E-state index >= 15 is 0 Å². The van der Waals surface area contributed by atoms with E-state index in [0.29, 0.717) is 27.6 Å². The maximum absolute atomic E-state index is 12.6. The van der Waals surface area contributed by atoms with Crippen LogP contribution in [-0.4, -0.2) is 37.8 Å². The van der Waals surface area contributed by atoms with Gasteiger partial charge in [-0.1, -0.05) is 43.5 Å². The molecule has 8 heteroatoms. The van der Waals surface area contributed by atoms with Crippen LogP contribution in [0, 0.1) is 18.3 Å². The minimum atomic E-state index is -0.800. The highest BCUT2D eigenvalue weighted by Gasteiger charge is 2.24. The minimum Gasteiger partial charge on any atom is -0.493 e. The van der Waals surface area contributed by atoms with Gasteiger partial charge in [-0.05, 0) is 36.2 Å². The summed E-state index contributed by atoms with van der Waals surface area (Å²) in [6.07, 6.45) is 6.68. The number of hydrogen-bond donors (Lipinski definition) is 2. The third kappa shape index (κ3) is 6.76. The Morgan fingerprint density at radius 1 is 1.26 bits per heavy atom. The Bertz CT molecular complexity index is 999. The quantitative estimate of drug-likeness (QED) is 0.355. The summed E-state index contributed by atoms with van der Waals surface area (Å²) in [5, 5.41) is 7.15. The van der Waals surface area contributed by atoms with Crippen LogP contribution in [0.1, 0.15) is 29.8 Å². The van der Waals surface area contributed by atoms with Gasteiger partial charge >= 0.3 is 0 Å². The van der Waals surface area contributed by atoms with Crippen LogP contribution < -0.4 is 20.2 Å². The molecule has 1 unspecified atom stereocenters. The molecule has 0 spiro atoms. The molecule has 0 aliphatic rings. The summed E-state index contributed by atoms with van der Waals surface area (Å²) >= 11 is 5.93. The zero-order chi connectivity index (χ0) is 22.8. The molecule has 0 radical (unpaired) electrons. The Morgan fingerprint density at radius 3 is 2.65 bits per heavy atom. The average molecular weight is 442 g/mol. The first-order chi connectivity index (χ1) is 14.9. The van der Waals surface area contributed by atoms with Crippen LogP contribution >= 0.6 is 11.6 Å². The van der Waals surface area contributed by atoms with Gasteiger partial charge in [-0.15, -0.1) is 6.42 Å². The van der Waals surface area contributed by atoms with E-state index < -0.39 is 17.9 Å². The third-order valence-electron chi connectivity index (χ3n) is 4.23. The summed E-state index contributed by atoms with van der Waals surface area (Å²) in [7, 11) is 1.51. The lowest BCUT2D eigenvalue weighted by molar-refractivity contribution is -0.123. The first-order valence-electron chi connectivity index (χ1n) is 9.50. The van der Waals surface area contributed by atoms with E-state index in [1.54, 1.807) is 36.4 Å². The predicted octanol–water partition coefficient (Wildman–Crippen LogP) is 3.27. The fraction of sp³-hybridized carbons (Fsp3) is 0.261. The number of carbonyl (C=O) groups excluding carboxylic acids is 2. The molecule has 31 heavy (non-hydrogen) atoms. The van der Waals surface area contributed by atoms with Gasteiger partial charge in [0.25, 0.3) is 11.8 Å². The Hall–Kier alpha value is -3.50. The summed E-state index contributed by atoms with van der Waals surface area (Å²) in [6.45, 7) is 3.69. The number of halogens is 1. The van der Waals surface area contributed by atoms with E-state index in [1.807, 2.05) is 13.8 Å². The highest BCUT2D eigenvalue weighted by atomic mass is 35.5. The molecule has 0 bridgehead atoms. The number of terminal acetylenes is 1. The second kappa shape index (κ2) is 11.6. The second-order valence-corrected chi connectivity index (χ2v) is 7.25. The van der Waals surface area contributed by atoms with Crippen molar-refractivity contribution in [2.75, 3.05) is 13.7 Å². The van der Waals surface area contributed by atoms with E-state index in [2.05, 4.69) is 21.8 Å². The van der Waals surface area contributed by atoms with Crippen molar-refractivity contribution in [3.05, 3.63) is 58.6 Å². The van der Waals surface area contributed by atoms with Crippen LogP contribution in [0.4, 0.5) is 0 Å². The Balaban J connectivity index is 2.11. The topological polar surface area (TPSA) is 89.0 Å². The maximum Gasteiger partial charge on any atom is 0.262 e. The minimum absolute atomic E-state index is 0.0541. The number of rotatable bonds is 9. The van der Waals surface area contributed by atoms with Gasteiger partial charge in [0.1, 0.15) is 12.6 Å². The third-order valence-corrected chi connectivity index (χ3v) is 4.47. The van der Waals surface area contributed by atoms with Gasteiger partial charge < -0.3 is 14.8 Å². The van der Waals surface area contributed by atoms with Gasteiger partial charge in [-0.3, -0.25) is 9.59 Å². The van der Waals surface area contributed by atoms with E-state index in [-0.39, 0.29) is 12.5 Å². The van der Waals surface area contributed by atoms with Gasteiger partial charge in [0, 0.05) is 16.1 Å². The molecule has 0 fully saturated rings. The molecule has 0 aromatic heterocycles. The van der Waals surface area contributed by atoms with Gasteiger partial charge in [-0.2, -0.15) is 5.10 Å². The molecular weight excluding hydrogens is 418 g/mol. The Morgan fingerprint density at radius 2 is 2.00 bits per heavy atom. The van der Waals surface area contributed by atoms with Gasteiger partial charge in [0.05, 0.1) is 13.3 Å². The van der Waals surface area contributed by atoms with Gasteiger partial charge in [0.15, 0.2) is 11.5 Å². The smallest absolute Gasteiger partial charge is 0.262 e. The molecule has 2 N–H and O–H groups in total. The zero-order valence-electron chi connectivity index (χ0n) is 17.5. The molecule has 162 valence electrons. The monoisotopic (exact) mass is 441 g/mol.